The fourth-order valence-corrected chi connectivity index (χ4v) is 1.30. The molecule has 0 unspecified atom stereocenters. The van der Waals surface area contributed by atoms with Crippen LogP contribution in [-0.4, -0.2) is 24.6 Å². The number of methoxy groups -OCH3 is 1. The molecule has 0 bridgehead atoms. The maximum Gasteiger partial charge on any atom is 0.379 e. The second kappa shape index (κ2) is 5.03. The molecule has 0 fully saturated rings. The van der Waals surface area contributed by atoms with Gasteiger partial charge in [-0.15, -0.1) is 0 Å². The van der Waals surface area contributed by atoms with Crippen LogP contribution >= 0.6 is 0 Å². The molecule has 1 rings (SSSR count). The van der Waals surface area contributed by atoms with Crippen LogP contribution in [0.5, 0.6) is 0 Å². The molecule has 86 valence electrons. The number of ether oxygens (including phenoxy) is 1. The summed E-state index contributed by atoms with van der Waals surface area (Å²) in [5.41, 5.74) is 0.305. The molecule has 0 saturated carbocycles. The fourth-order valence-electron chi connectivity index (χ4n) is 1.30. The summed E-state index contributed by atoms with van der Waals surface area (Å²) in [6.07, 6.45) is 0. The van der Waals surface area contributed by atoms with Crippen LogP contribution in [0.25, 0.3) is 0 Å². The third kappa shape index (κ3) is 2.55. The van der Waals surface area contributed by atoms with Gasteiger partial charge in [0, 0.05) is 11.1 Å². The van der Waals surface area contributed by atoms with Crippen molar-refractivity contribution in [3.05, 3.63) is 34.9 Å². The first-order valence-corrected chi connectivity index (χ1v) is 4.69. The van der Waals surface area contributed by atoms with E-state index in [0.29, 0.717) is 0 Å². The van der Waals surface area contributed by atoms with Gasteiger partial charge in [-0.3, -0.25) is 9.59 Å². The molecule has 0 N–H and O–H groups in total. The van der Waals surface area contributed by atoms with Crippen LogP contribution in [0.1, 0.15) is 33.2 Å². The molecule has 0 spiro atoms. The molecule has 1 aromatic carbocycles. The Labute approximate surface area is 97.6 Å². The lowest BCUT2D eigenvalue weighted by molar-refractivity contribution is -0.135. The van der Waals surface area contributed by atoms with Crippen molar-refractivity contribution >= 4 is 17.5 Å². The lowest BCUT2D eigenvalue weighted by atomic mass is 10.0. The van der Waals surface area contributed by atoms with E-state index >= 15 is 0 Å². The van der Waals surface area contributed by atoms with E-state index in [1.54, 1.807) is 6.07 Å². The number of Topliss-reactive ketones (excluding diaryl/α,β-unsaturated/α-hetero) is 2. The monoisotopic (exact) mass is 231 g/mol. The van der Waals surface area contributed by atoms with Crippen molar-refractivity contribution in [3.63, 3.8) is 0 Å². The van der Waals surface area contributed by atoms with E-state index in [1.807, 2.05) is 0 Å². The molecule has 0 saturated heterocycles. The molecule has 5 heteroatoms. The van der Waals surface area contributed by atoms with E-state index in [9.17, 15) is 14.4 Å². The average molecular weight is 231 g/mol. The topological polar surface area (TPSA) is 84.2 Å². The highest BCUT2D eigenvalue weighted by atomic mass is 16.5. The molecular formula is C12H9NO4. The Kier molecular flexibility index (Phi) is 3.73. The van der Waals surface area contributed by atoms with Crippen LogP contribution < -0.4 is 0 Å². The van der Waals surface area contributed by atoms with E-state index in [0.717, 1.165) is 7.11 Å². The van der Waals surface area contributed by atoms with E-state index in [1.165, 1.54) is 25.1 Å². The number of nitriles is 1. The normalized spacial score (nSPS) is 9.24. The van der Waals surface area contributed by atoms with Gasteiger partial charge in [-0.2, -0.15) is 5.26 Å². The van der Waals surface area contributed by atoms with Gasteiger partial charge in [0.25, 0.3) is 5.78 Å². The van der Waals surface area contributed by atoms with Crippen LogP contribution in [0.2, 0.25) is 0 Å². The maximum atomic E-state index is 11.5. The van der Waals surface area contributed by atoms with Crippen molar-refractivity contribution < 1.29 is 19.1 Å². The predicted molar refractivity (Wildman–Crippen MR) is 57.5 cm³/mol. The van der Waals surface area contributed by atoms with Crippen molar-refractivity contribution in [1.29, 1.82) is 5.26 Å². The summed E-state index contributed by atoms with van der Waals surface area (Å²) in [4.78, 5) is 33.6. The van der Waals surface area contributed by atoms with Crippen LogP contribution in [0.15, 0.2) is 18.2 Å². The minimum Gasteiger partial charge on any atom is -0.463 e. The van der Waals surface area contributed by atoms with Gasteiger partial charge in [0.15, 0.2) is 5.78 Å². The van der Waals surface area contributed by atoms with Crippen LogP contribution in [0.4, 0.5) is 0 Å². The van der Waals surface area contributed by atoms with Gasteiger partial charge >= 0.3 is 5.97 Å². The van der Waals surface area contributed by atoms with Gasteiger partial charge in [-0.25, -0.2) is 4.79 Å². The van der Waals surface area contributed by atoms with Gasteiger partial charge in [-0.1, -0.05) is 0 Å². The lowest BCUT2D eigenvalue weighted by Gasteiger charge is -2.02. The zero-order valence-electron chi connectivity index (χ0n) is 9.31. The van der Waals surface area contributed by atoms with Gasteiger partial charge in [-0.05, 0) is 25.1 Å². The standard InChI is InChI=1S/C12H9NO4/c1-7(14)10-4-3-8(5-9(10)6-13)11(15)12(16)17-2/h3-5H,1-2H3. The first-order valence-electron chi connectivity index (χ1n) is 4.69. The van der Waals surface area contributed by atoms with E-state index in [2.05, 4.69) is 4.74 Å². The summed E-state index contributed by atoms with van der Waals surface area (Å²) >= 11 is 0. The van der Waals surface area contributed by atoms with Crippen LogP contribution in [0, 0.1) is 11.3 Å². The van der Waals surface area contributed by atoms with Gasteiger partial charge in [0.05, 0.1) is 18.7 Å². The quantitative estimate of drug-likeness (QED) is 0.442. The third-order valence-corrected chi connectivity index (χ3v) is 2.15. The second-order valence-electron chi connectivity index (χ2n) is 3.25. The van der Waals surface area contributed by atoms with Crippen LogP contribution in [0.3, 0.4) is 0 Å². The summed E-state index contributed by atoms with van der Waals surface area (Å²) < 4.78 is 4.28. The zero-order chi connectivity index (χ0) is 13.0. The van der Waals surface area contributed by atoms with E-state index < -0.39 is 11.8 Å². The van der Waals surface area contributed by atoms with Gasteiger partial charge < -0.3 is 4.74 Å². The first kappa shape index (κ1) is 12.6. The van der Waals surface area contributed by atoms with Crippen molar-refractivity contribution in [1.82, 2.24) is 0 Å². The molecule has 0 aromatic heterocycles. The van der Waals surface area contributed by atoms with E-state index in [4.69, 9.17) is 5.26 Å². The lowest BCUT2D eigenvalue weighted by Crippen LogP contribution is -2.16. The molecule has 0 radical (unpaired) electrons. The highest BCUT2D eigenvalue weighted by molar-refractivity contribution is 6.40. The molecule has 0 amide bonds. The Morgan fingerprint density at radius 2 is 1.94 bits per heavy atom. The fraction of sp³-hybridized carbons (Fsp3) is 0.167. The predicted octanol–water partition coefficient (Wildman–Crippen LogP) is 1.12. The van der Waals surface area contributed by atoms with Crippen molar-refractivity contribution in [2.45, 2.75) is 6.92 Å². The smallest absolute Gasteiger partial charge is 0.379 e. The number of carbonyl (C=O) groups excluding carboxylic acids is 3. The summed E-state index contributed by atoms with van der Waals surface area (Å²) in [6, 6.07) is 5.67. The zero-order valence-corrected chi connectivity index (χ0v) is 9.31. The molecule has 17 heavy (non-hydrogen) atoms. The Bertz CT molecular complexity index is 540. The van der Waals surface area contributed by atoms with E-state index in [-0.39, 0.29) is 22.5 Å². The molecule has 1 aromatic rings. The molecule has 0 aliphatic carbocycles. The number of nitrogens with zero attached hydrogens (tertiary/aromatic N) is 1. The number of hydrogen-bond acceptors (Lipinski definition) is 5. The van der Waals surface area contributed by atoms with Crippen molar-refractivity contribution in [3.8, 4) is 6.07 Å². The molecule has 0 aliphatic heterocycles. The molecule has 5 nitrogen and oxygen atoms in total. The molecular weight excluding hydrogens is 222 g/mol. The average Bonchev–Trinajstić information content (AvgIpc) is 2.35. The van der Waals surface area contributed by atoms with Gasteiger partial charge in [0.1, 0.15) is 0 Å². The maximum absolute atomic E-state index is 11.5. The summed E-state index contributed by atoms with van der Waals surface area (Å²) in [7, 11) is 1.09. The van der Waals surface area contributed by atoms with Crippen molar-refractivity contribution in [2.24, 2.45) is 0 Å². The molecule has 0 heterocycles. The van der Waals surface area contributed by atoms with Crippen LogP contribution in [-0.2, 0) is 9.53 Å². The first-order chi connectivity index (χ1) is 8.01. The Morgan fingerprint density at radius 3 is 2.41 bits per heavy atom. The number of esters is 1. The molecule has 0 atom stereocenters. The molecule has 0 aliphatic rings. The highest BCUT2D eigenvalue weighted by Gasteiger charge is 2.18. The van der Waals surface area contributed by atoms with Gasteiger partial charge in [0.2, 0.25) is 0 Å². The Hall–Kier alpha value is -2.48. The highest BCUT2D eigenvalue weighted by Crippen LogP contribution is 2.13. The Morgan fingerprint density at radius 1 is 1.29 bits per heavy atom. The summed E-state index contributed by atoms with van der Waals surface area (Å²) in [6.45, 7) is 1.32. The number of benzene rings is 1. The largest absolute Gasteiger partial charge is 0.463 e. The Balaban J connectivity index is 3.24. The second-order valence-corrected chi connectivity index (χ2v) is 3.25. The summed E-state index contributed by atoms with van der Waals surface area (Å²) in [5, 5.41) is 8.84. The third-order valence-electron chi connectivity index (χ3n) is 2.15. The minimum absolute atomic E-state index is 0.0263. The number of ketones is 2. The number of carbonyl (C=O) groups is 3. The summed E-state index contributed by atoms with van der Waals surface area (Å²) in [5.74, 6) is -2.14. The number of rotatable bonds is 3. The minimum atomic E-state index is -1.01. The SMILES string of the molecule is COC(=O)C(=O)c1ccc(C(C)=O)c(C#N)c1. The number of hydrogen-bond donors (Lipinski definition) is 0. The van der Waals surface area contributed by atoms with Crippen molar-refractivity contribution in [2.75, 3.05) is 7.11 Å².